The second-order valence-electron chi connectivity index (χ2n) is 5.36. The Kier molecular flexibility index (Phi) is 5.88. The van der Waals surface area contributed by atoms with Gasteiger partial charge in [-0.2, -0.15) is 0 Å². The van der Waals surface area contributed by atoms with E-state index in [1.165, 1.54) is 11.3 Å². The van der Waals surface area contributed by atoms with Gasteiger partial charge in [0.15, 0.2) is 0 Å². The van der Waals surface area contributed by atoms with Gasteiger partial charge in [0.25, 0.3) is 0 Å². The number of rotatable bonds is 8. The lowest BCUT2D eigenvalue weighted by atomic mass is 10.1. The second-order valence-corrected chi connectivity index (χ2v) is 5.36. The van der Waals surface area contributed by atoms with Gasteiger partial charge in [-0.25, -0.2) is 0 Å². The molecule has 1 N–H and O–H groups in total. The van der Waals surface area contributed by atoms with E-state index in [2.05, 4.69) is 55.3 Å². The van der Waals surface area contributed by atoms with Crippen LogP contribution in [0.15, 0.2) is 47.1 Å². The number of nitrogens with zero attached hydrogens (tertiary/aromatic N) is 1. The van der Waals surface area contributed by atoms with E-state index >= 15 is 0 Å². The van der Waals surface area contributed by atoms with Crippen molar-refractivity contribution in [2.45, 2.75) is 39.8 Å². The van der Waals surface area contributed by atoms with Crippen molar-refractivity contribution in [3.63, 3.8) is 0 Å². The molecule has 1 unspecified atom stereocenters. The van der Waals surface area contributed by atoms with Crippen molar-refractivity contribution in [3.05, 3.63) is 54.0 Å². The number of furan rings is 1. The van der Waals surface area contributed by atoms with E-state index in [0.29, 0.717) is 6.04 Å². The van der Waals surface area contributed by atoms with E-state index < -0.39 is 0 Å². The number of hydrogen-bond donors (Lipinski definition) is 1. The summed E-state index contributed by atoms with van der Waals surface area (Å²) >= 11 is 0. The Morgan fingerprint density at radius 2 is 1.90 bits per heavy atom. The molecule has 21 heavy (non-hydrogen) atoms. The summed E-state index contributed by atoms with van der Waals surface area (Å²) in [4.78, 5) is 2.31. The van der Waals surface area contributed by atoms with Crippen molar-refractivity contribution < 1.29 is 4.42 Å². The van der Waals surface area contributed by atoms with Gasteiger partial charge < -0.3 is 14.6 Å². The van der Waals surface area contributed by atoms with Crippen LogP contribution in [-0.2, 0) is 6.54 Å². The standard InChI is InChI=1S/C18H26N2O/c1-4-12-19-15(3)16-8-10-17(11-9-16)20(5-2)14-18-7-6-13-21-18/h6-11,13,15,19H,4-5,12,14H2,1-3H3. The predicted octanol–water partition coefficient (Wildman–Crippen LogP) is 4.37. The first kappa shape index (κ1) is 15.6. The number of hydrogen-bond acceptors (Lipinski definition) is 3. The molecule has 1 atom stereocenters. The third-order valence-electron chi connectivity index (χ3n) is 3.77. The molecule has 0 spiro atoms. The quantitative estimate of drug-likeness (QED) is 0.781. The van der Waals surface area contributed by atoms with Crippen LogP contribution in [0.3, 0.4) is 0 Å². The van der Waals surface area contributed by atoms with Gasteiger partial charge in [0, 0.05) is 18.3 Å². The van der Waals surface area contributed by atoms with Gasteiger partial charge >= 0.3 is 0 Å². The van der Waals surface area contributed by atoms with Crippen LogP contribution in [0, 0.1) is 0 Å². The van der Waals surface area contributed by atoms with Crippen molar-refractivity contribution in [3.8, 4) is 0 Å². The molecule has 1 heterocycles. The number of benzene rings is 1. The topological polar surface area (TPSA) is 28.4 Å². The summed E-state index contributed by atoms with van der Waals surface area (Å²) in [5.74, 6) is 0.999. The molecule has 0 bridgehead atoms. The van der Waals surface area contributed by atoms with Crippen molar-refractivity contribution in [1.82, 2.24) is 5.32 Å². The monoisotopic (exact) mass is 286 g/mol. The van der Waals surface area contributed by atoms with E-state index in [0.717, 1.165) is 31.8 Å². The average molecular weight is 286 g/mol. The van der Waals surface area contributed by atoms with Gasteiger partial charge in [-0.15, -0.1) is 0 Å². The first-order valence-electron chi connectivity index (χ1n) is 7.85. The minimum Gasteiger partial charge on any atom is -0.467 e. The summed E-state index contributed by atoms with van der Waals surface area (Å²) in [5.41, 5.74) is 2.57. The molecule has 0 radical (unpaired) electrons. The zero-order valence-electron chi connectivity index (χ0n) is 13.3. The fraction of sp³-hybridized carbons (Fsp3) is 0.444. The van der Waals surface area contributed by atoms with E-state index in [9.17, 15) is 0 Å². The maximum Gasteiger partial charge on any atom is 0.123 e. The molecule has 2 aromatic rings. The number of nitrogens with one attached hydrogen (secondary N) is 1. The van der Waals surface area contributed by atoms with Crippen molar-refractivity contribution in [2.24, 2.45) is 0 Å². The van der Waals surface area contributed by atoms with Crippen LogP contribution in [0.4, 0.5) is 5.69 Å². The summed E-state index contributed by atoms with van der Waals surface area (Å²) in [6.07, 6.45) is 2.89. The molecule has 0 saturated carbocycles. The molecule has 3 heteroatoms. The highest BCUT2D eigenvalue weighted by molar-refractivity contribution is 5.48. The average Bonchev–Trinajstić information content (AvgIpc) is 3.03. The molecular formula is C18H26N2O. The predicted molar refractivity (Wildman–Crippen MR) is 88.6 cm³/mol. The van der Waals surface area contributed by atoms with Gasteiger partial charge in [-0.3, -0.25) is 0 Å². The summed E-state index contributed by atoms with van der Waals surface area (Å²) in [5, 5.41) is 3.52. The highest BCUT2D eigenvalue weighted by Crippen LogP contribution is 2.21. The minimum absolute atomic E-state index is 0.402. The Morgan fingerprint density at radius 1 is 1.14 bits per heavy atom. The molecule has 0 fully saturated rings. The molecule has 0 aliphatic heterocycles. The van der Waals surface area contributed by atoms with E-state index in [4.69, 9.17) is 4.42 Å². The van der Waals surface area contributed by atoms with Crippen molar-refractivity contribution >= 4 is 5.69 Å². The Morgan fingerprint density at radius 3 is 2.48 bits per heavy atom. The van der Waals surface area contributed by atoms with Crippen LogP contribution in [0.25, 0.3) is 0 Å². The van der Waals surface area contributed by atoms with Gasteiger partial charge in [-0.1, -0.05) is 19.1 Å². The van der Waals surface area contributed by atoms with Crippen LogP contribution in [0.1, 0.15) is 44.6 Å². The molecule has 0 aliphatic rings. The Bertz CT molecular complexity index is 505. The highest BCUT2D eigenvalue weighted by atomic mass is 16.3. The molecule has 0 amide bonds. The van der Waals surface area contributed by atoms with Gasteiger partial charge in [0.2, 0.25) is 0 Å². The summed E-state index contributed by atoms with van der Waals surface area (Å²) in [6.45, 7) is 9.41. The molecule has 3 nitrogen and oxygen atoms in total. The lowest BCUT2D eigenvalue weighted by Gasteiger charge is -2.23. The zero-order chi connectivity index (χ0) is 15.1. The Hall–Kier alpha value is -1.74. The molecule has 2 rings (SSSR count). The van der Waals surface area contributed by atoms with E-state index in [1.807, 2.05) is 12.1 Å². The fourth-order valence-corrected chi connectivity index (χ4v) is 2.43. The zero-order valence-corrected chi connectivity index (χ0v) is 13.3. The first-order valence-corrected chi connectivity index (χ1v) is 7.85. The summed E-state index contributed by atoms with van der Waals surface area (Å²) in [7, 11) is 0. The molecule has 0 aliphatic carbocycles. The molecule has 114 valence electrons. The summed E-state index contributed by atoms with van der Waals surface area (Å²) in [6, 6.07) is 13.2. The maximum atomic E-state index is 5.44. The minimum atomic E-state index is 0.402. The van der Waals surface area contributed by atoms with Crippen molar-refractivity contribution in [2.75, 3.05) is 18.0 Å². The normalized spacial score (nSPS) is 12.3. The van der Waals surface area contributed by atoms with Crippen LogP contribution in [0.5, 0.6) is 0 Å². The maximum absolute atomic E-state index is 5.44. The fourth-order valence-electron chi connectivity index (χ4n) is 2.43. The van der Waals surface area contributed by atoms with Crippen molar-refractivity contribution in [1.29, 1.82) is 0 Å². The van der Waals surface area contributed by atoms with Gasteiger partial charge in [0.05, 0.1) is 12.8 Å². The molecule has 0 saturated heterocycles. The highest BCUT2D eigenvalue weighted by Gasteiger charge is 2.09. The largest absolute Gasteiger partial charge is 0.467 e. The van der Waals surface area contributed by atoms with Gasteiger partial charge in [0.1, 0.15) is 5.76 Å². The molecule has 1 aromatic carbocycles. The third kappa shape index (κ3) is 4.36. The number of anilines is 1. The second kappa shape index (κ2) is 7.89. The lowest BCUT2D eigenvalue weighted by molar-refractivity contribution is 0.503. The molecular weight excluding hydrogens is 260 g/mol. The Balaban J connectivity index is 2.02. The van der Waals surface area contributed by atoms with Gasteiger partial charge in [-0.05, 0) is 56.6 Å². The van der Waals surface area contributed by atoms with E-state index in [1.54, 1.807) is 6.26 Å². The lowest BCUT2D eigenvalue weighted by Crippen LogP contribution is -2.22. The van der Waals surface area contributed by atoms with Crippen LogP contribution >= 0.6 is 0 Å². The molecule has 1 aromatic heterocycles. The Labute approximate surface area is 128 Å². The smallest absolute Gasteiger partial charge is 0.123 e. The third-order valence-corrected chi connectivity index (χ3v) is 3.77. The SMILES string of the molecule is CCCNC(C)c1ccc(N(CC)Cc2ccco2)cc1. The van der Waals surface area contributed by atoms with E-state index in [-0.39, 0.29) is 0 Å². The van der Waals surface area contributed by atoms with Crippen LogP contribution in [-0.4, -0.2) is 13.1 Å². The van der Waals surface area contributed by atoms with Crippen LogP contribution in [0.2, 0.25) is 0 Å². The first-order chi connectivity index (χ1) is 10.2. The summed E-state index contributed by atoms with van der Waals surface area (Å²) < 4.78 is 5.44. The van der Waals surface area contributed by atoms with Crippen LogP contribution < -0.4 is 10.2 Å².